The summed E-state index contributed by atoms with van der Waals surface area (Å²) < 4.78 is 5.22. The molecule has 0 saturated carbocycles. The fourth-order valence-corrected chi connectivity index (χ4v) is 3.41. The lowest BCUT2D eigenvalue weighted by molar-refractivity contribution is 0.0938. The number of hydrogen-bond acceptors (Lipinski definition) is 4. The SMILES string of the molecule is COc1cccc(N)c1C(=O)NC(C)c1cc(C)sc1C. The van der Waals surface area contributed by atoms with Crippen molar-refractivity contribution in [2.45, 2.75) is 26.8 Å². The molecule has 3 N–H and O–H groups in total. The Hall–Kier alpha value is -2.01. The second-order valence-corrected chi connectivity index (χ2v) is 6.45. The van der Waals surface area contributed by atoms with Crippen molar-refractivity contribution in [2.75, 3.05) is 12.8 Å². The van der Waals surface area contributed by atoms with Gasteiger partial charge in [-0.3, -0.25) is 4.79 Å². The molecule has 0 saturated heterocycles. The lowest BCUT2D eigenvalue weighted by atomic mass is 10.1. The van der Waals surface area contributed by atoms with Crippen LogP contribution in [0.15, 0.2) is 24.3 Å². The molecule has 0 aliphatic rings. The molecule has 2 rings (SSSR count). The summed E-state index contributed by atoms with van der Waals surface area (Å²) in [5.41, 5.74) is 7.85. The van der Waals surface area contributed by atoms with E-state index in [1.54, 1.807) is 29.5 Å². The Morgan fingerprint density at radius 3 is 2.67 bits per heavy atom. The standard InChI is InChI=1S/C16H20N2O2S/c1-9-8-12(11(3)21-9)10(2)18-16(19)15-13(17)6-5-7-14(15)20-4/h5-8,10H,17H2,1-4H3,(H,18,19). The molecule has 0 spiro atoms. The van der Waals surface area contributed by atoms with E-state index in [9.17, 15) is 4.79 Å². The van der Waals surface area contributed by atoms with Crippen molar-refractivity contribution in [1.82, 2.24) is 5.32 Å². The van der Waals surface area contributed by atoms with Crippen molar-refractivity contribution < 1.29 is 9.53 Å². The number of carbonyl (C=O) groups excluding carboxylic acids is 1. The van der Waals surface area contributed by atoms with Crippen LogP contribution >= 0.6 is 11.3 Å². The maximum absolute atomic E-state index is 12.5. The van der Waals surface area contributed by atoms with Crippen molar-refractivity contribution in [3.63, 3.8) is 0 Å². The Kier molecular flexibility index (Phi) is 4.53. The van der Waals surface area contributed by atoms with E-state index in [2.05, 4.69) is 25.2 Å². The number of nitrogen functional groups attached to an aromatic ring is 1. The third-order valence-corrected chi connectivity index (χ3v) is 4.38. The molecule has 1 heterocycles. The van der Waals surface area contributed by atoms with Crippen LogP contribution < -0.4 is 15.8 Å². The first-order valence-corrected chi connectivity index (χ1v) is 7.56. The van der Waals surface area contributed by atoms with Gasteiger partial charge in [-0.05, 0) is 44.5 Å². The van der Waals surface area contributed by atoms with Crippen molar-refractivity contribution >= 4 is 22.9 Å². The normalized spacial score (nSPS) is 12.0. The highest BCUT2D eigenvalue weighted by Crippen LogP contribution is 2.28. The first kappa shape index (κ1) is 15.4. The van der Waals surface area contributed by atoms with Gasteiger partial charge < -0.3 is 15.8 Å². The van der Waals surface area contributed by atoms with Gasteiger partial charge in [0.15, 0.2) is 0 Å². The Labute approximate surface area is 128 Å². The smallest absolute Gasteiger partial charge is 0.257 e. The number of nitrogens with two attached hydrogens (primary N) is 1. The van der Waals surface area contributed by atoms with Crippen molar-refractivity contribution in [3.05, 3.63) is 45.1 Å². The number of hydrogen-bond donors (Lipinski definition) is 2. The number of carbonyl (C=O) groups is 1. The van der Waals surface area contributed by atoms with E-state index in [0.717, 1.165) is 5.56 Å². The second kappa shape index (κ2) is 6.18. The van der Waals surface area contributed by atoms with E-state index >= 15 is 0 Å². The molecule has 21 heavy (non-hydrogen) atoms. The molecule has 0 radical (unpaired) electrons. The van der Waals surface area contributed by atoms with Gasteiger partial charge in [0, 0.05) is 15.4 Å². The second-order valence-electron chi connectivity index (χ2n) is 4.99. The van der Waals surface area contributed by atoms with Crippen LogP contribution in [0.5, 0.6) is 5.75 Å². The number of anilines is 1. The van der Waals surface area contributed by atoms with E-state index in [0.29, 0.717) is 17.0 Å². The quantitative estimate of drug-likeness (QED) is 0.850. The van der Waals surface area contributed by atoms with E-state index in [4.69, 9.17) is 10.5 Å². The molecule has 0 bridgehead atoms. The topological polar surface area (TPSA) is 64.3 Å². The summed E-state index contributed by atoms with van der Waals surface area (Å²) in [7, 11) is 1.53. The summed E-state index contributed by atoms with van der Waals surface area (Å²) in [6, 6.07) is 7.22. The first-order valence-electron chi connectivity index (χ1n) is 6.74. The highest BCUT2D eigenvalue weighted by Gasteiger charge is 2.19. The molecule has 1 unspecified atom stereocenters. The van der Waals surface area contributed by atoms with Gasteiger partial charge in [0.25, 0.3) is 5.91 Å². The van der Waals surface area contributed by atoms with Crippen LogP contribution in [-0.2, 0) is 0 Å². The maximum atomic E-state index is 12.5. The predicted octanol–water partition coefficient (Wildman–Crippen LogP) is 3.45. The minimum absolute atomic E-state index is 0.0771. The summed E-state index contributed by atoms with van der Waals surface area (Å²) >= 11 is 1.73. The van der Waals surface area contributed by atoms with E-state index in [1.165, 1.54) is 16.9 Å². The zero-order valence-electron chi connectivity index (χ0n) is 12.7. The van der Waals surface area contributed by atoms with Crippen molar-refractivity contribution in [1.29, 1.82) is 0 Å². The summed E-state index contributed by atoms with van der Waals surface area (Å²) in [6.07, 6.45) is 0. The van der Waals surface area contributed by atoms with Gasteiger partial charge in [-0.25, -0.2) is 0 Å². The van der Waals surface area contributed by atoms with Gasteiger partial charge in [-0.15, -0.1) is 11.3 Å². The van der Waals surface area contributed by atoms with Gasteiger partial charge in [0.1, 0.15) is 11.3 Å². The number of thiophene rings is 1. The summed E-state index contributed by atoms with van der Waals surface area (Å²) in [5.74, 6) is 0.263. The number of ether oxygens (including phenoxy) is 1. The molecular weight excluding hydrogens is 284 g/mol. The van der Waals surface area contributed by atoms with Gasteiger partial charge >= 0.3 is 0 Å². The zero-order chi connectivity index (χ0) is 15.6. The molecule has 0 fully saturated rings. The summed E-state index contributed by atoms with van der Waals surface area (Å²) in [6.45, 7) is 6.10. The lowest BCUT2D eigenvalue weighted by Gasteiger charge is -2.16. The third kappa shape index (κ3) is 3.19. The first-order chi connectivity index (χ1) is 9.93. The number of aryl methyl sites for hydroxylation is 2. The third-order valence-electron chi connectivity index (χ3n) is 3.40. The molecule has 5 heteroatoms. The van der Waals surface area contributed by atoms with Gasteiger partial charge in [0.2, 0.25) is 0 Å². The largest absolute Gasteiger partial charge is 0.496 e. The fourth-order valence-electron chi connectivity index (χ4n) is 2.39. The molecular formula is C16H20N2O2S. The van der Waals surface area contributed by atoms with Crippen LogP contribution in [0.3, 0.4) is 0 Å². The fraction of sp³-hybridized carbons (Fsp3) is 0.312. The van der Waals surface area contributed by atoms with Crippen LogP contribution in [0, 0.1) is 13.8 Å². The molecule has 0 aliphatic heterocycles. The molecule has 2 aromatic rings. The van der Waals surface area contributed by atoms with Crippen LogP contribution in [0.1, 0.15) is 38.6 Å². The number of nitrogens with one attached hydrogen (secondary N) is 1. The van der Waals surface area contributed by atoms with Crippen LogP contribution in [0.4, 0.5) is 5.69 Å². The van der Waals surface area contributed by atoms with Crippen molar-refractivity contribution in [3.8, 4) is 5.75 Å². The average Bonchev–Trinajstić information content (AvgIpc) is 2.77. The Morgan fingerprint density at radius 1 is 1.38 bits per heavy atom. The van der Waals surface area contributed by atoms with Crippen LogP contribution in [0.25, 0.3) is 0 Å². The monoisotopic (exact) mass is 304 g/mol. The summed E-state index contributed by atoms with van der Waals surface area (Å²) in [5, 5.41) is 2.99. The molecule has 112 valence electrons. The van der Waals surface area contributed by atoms with E-state index in [-0.39, 0.29) is 11.9 Å². The maximum Gasteiger partial charge on any atom is 0.257 e. The van der Waals surface area contributed by atoms with E-state index < -0.39 is 0 Å². The number of benzene rings is 1. The van der Waals surface area contributed by atoms with E-state index in [1.807, 2.05) is 6.92 Å². The lowest BCUT2D eigenvalue weighted by Crippen LogP contribution is -2.28. The van der Waals surface area contributed by atoms with Crippen LogP contribution in [-0.4, -0.2) is 13.0 Å². The number of rotatable bonds is 4. The number of methoxy groups -OCH3 is 1. The zero-order valence-corrected chi connectivity index (χ0v) is 13.5. The summed E-state index contributed by atoms with van der Waals surface area (Å²) in [4.78, 5) is 14.9. The molecule has 1 atom stereocenters. The number of amides is 1. The highest BCUT2D eigenvalue weighted by atomic mass is 32.1. The van der Waals surface area contributed by atoms with Gasteiger partial charge in [-0.2, -0.15) is 0 Å². The predicted molar refractivity (Wildman–Crippen MR) is 87.1 cm³/mol. The Morgan fingerprint density at radius 2 is 2.10 bits per heavy atom. The molecule has 1 aromatic carbocycles. The van der Waals surface area contributed by atoms with Gasteiger partial charge in [0.05, 0.1) is 13.2 Å². The average molecular weight is 304 g/mol. The highest BCUT2D eigenvalue weighted by molar-refractivity contribution is 7.12. The van der Waals surface area contributed by atoms with Gasteiger partial charge in [-0.1, -0.05) is 6.07 Å². The van der Waals surface area contributed by atoms with Crippen molar-refractivity contribution in [2.24, 2.45) is 0 Å². The van der Waals surface area contributed by atoms with Crippen LogP contribution in [0.2, 0.25) is 0 Å². The Bertz CT molecular complexity index is 664. The Balaban J connectivity index is 2.24. The molecule has 0 aliphatic carbocycles. The molecule has 1 aromatic heterocycles. The molecule has 4 nitrogen and oxygen atoms in total. The minimum Gasteiger partial charge on any atom is -0.496 e. The molecule has 1 amide bonds. The minimum atomic E-state index is -0.222.